The van der Waals surface area contributed by atoms with E-state index in [1.807, 2.05) is 78.9 Å². The Bertz CT molecular complexity index is 4250. The minimum absolute atomic E-state index is 0.357. The fourth-order valence-corrected chi connectivity index (χ4v) is 11.1. The minimum atomic E-state index is 0.357. The number of fused-ring (bicyclic) bond motifs is 9. The largest absolute Gasteiger partial charge is 0.309 e. The molecule has 7 nitrogen and oxygen atoms in total. The van der Waals surface area contributed by atoms with E-state index in [9.17, 15) is 10.5 Å². The number of rotatable bonds is 7. The molecule has 0 bridgehead atoms. The Hall–Kier alpha value is -10.3. The van der Waals surface area contributed by atoms with E-state index in [-0.39, 0.29) is 0 Å². The van der Waals surface area contributed by atoms with Crippen molar-refractivity contribution in [2.24, 2.45) is 0 Å². The molecule has 0 aliphatic carbocycles. The number of benzene rings is 10. The van der Waals surface area contributed by atoms with E-state index >= 15 is 0 Å². The lowest BCUT2D eigenvalue weighted by atomic mass is 9.92. The summed E-state index contributed by atoms with van der Waals surface area (Å²) < 4.78 is 7.10. The van der Waals surface area contributed by atoms with Gasteiger partial charge in [0.2, 0.25) is 0 Å². The Labute approximate surface area is 419 Å². The molecule has 0 aliphatic heterocycles. The molecule has 0 amide bonds. The van der Waals surface area contributed by atoms with Crippen LogP contribution >= 0.6 is 0 Å². The van der Waals surface area contributed by atoms with Gasteiger partial charge in [-0.1, -0.05) is 146 Å². The van der Waals surface area contributed by atoms with E-state index in [0.717, 1.165) is 83.2 Å². The Morgan fingerprint density at radius 3 is 1.14 bits per heavy atom. The zero-order valence-electron chi connectivity index (χ0n) is 39.1. The molecule has 338 valence electrons. The lowest BCUT2D eigenvalue weighted by Crippen LogP contribution is -1.99. The molecule has 0 unspecified atom stereocenters. The van der Waals surface area contributed by atoms with Gasteiger partial charge in [-0.05, 0) is 102 Å². The van der Waals surface area contributed by atoms with Gasteiger partial charge in [0.1, 0.15) is 0 Å². The van der Waals surface area contributed by atoms with Gasteiger partial charge >= 0.3 is 0 Å². The number of nitriles is 2. The van der Waals surface area contributed by atoms with E-state index in [4.69, 9.17) is 9.97 Å². The van der Waals surface area contributed by atoms with E-state index in [0.29, 0.717) is 33.9 Å². The normalized spacial score (nSPS) is 11.5. The third kappa shape index (κ3) is 6.65. The van der Waals surface area contributed by atoms with Crippen molar-refractivity contribution >= 4 is 65.4 Å². The first-order valence-corrected chi connectivity index (χ1v) is 24.3. The second-order valence-electron chi connectivity index (χ2n) is 18.4. The molecule has 73 heavy (non-hydrogen) atoms. The molecule has 0 atom stereocenters. The molecular formula is C66H39N7. The number of para-hydroxylation sites is 4. The minimum Gasteiger partial charge on any atom is -0.309 e. The molecule has 0 spiro atoms. The summed E-state index contributed by atoms with van der Waals surface area (Å²) in [6.07, 6.45) is 0. The van der Waals surface area contributed by atoms with Crippen LogP contribution in [0.25, 0.3) is 128 Å². The summed E-state index contributed by atoms with van der Waals surface area (Å²) in [5, 5.41) is 28.7. The van der Waals surface area contributed by atoms with Gasteiger partial charge in [0.15, 0.2) is 5.82 Å². The Kier molecular flexibility index (Phi) is 9.50. The lowest BCUT2D eigenvalue weighted by Gasteiger charge is -2.14. The first-order chi connectivity index (χ1) is 36.1. The van der Waals surface area contributed by atoms with Crippen LogP contribution in [0.5, 0.6) is 0 Å². The number of aromatic nitrogens is 5. The van der Waals surface area contributed by atoms with Gasteiger partial charge in [-0.15, -0.1) is 0 Å². The van der Waals surface area contributed by atoms with Crippen molar-refractivity contribution in [3.8, 4) is 74.2 Å². The number of hydrogen-bond donors (Lipinski definition) is 0. The SMILES string of the molecule is N#Cc1cc(-c2ccc(-n3c4ccc(-n5c6ccccc6c6ccccc65)cc4c4cc(-n5c6ccccc6c6ccccc65)ccc43)cc2)cc(C#N)c1-c1cc(-c2ccccc2)nc(-c2ccccc2)n1. The maximum absolute atomic E-state index is 10.8. The Morgan fingerprint density at radius 1 is 0.288 bits per heavy atom. The van der Waals surface area contributed by atoms with E-state index in [1.165, 1.54) is 21.5 Å². The molecule has 7 heteroatoms. The third-order valence-electron chi connectivity index (χ3n) is 14.3. The Morgan fingerprint density at radius 2 is 0.671 bits per heavy atom. The smallest absolute Gasteiger partial charge is 0.160 e. The summed E-state index contributed by atoms with van der Waals surface area (Å²) in [7, 11) is 0. The second kappa shape index (κ2) is 16.7. The molecule has 0 fully saturated rings. The van der Waals surface area contributed by atoms with Crippen molar-refractivity contribution in [3.05, 3.63) is 248 Å². The zero-order chi connectivity index (χ0) is 48.6. The van der Waals surface area contributed by atoms with Crippen molar-refractivity contribution in [3.63, 3.8) is 0 Å². The molecule has 0 aliphatic rings. The molecule has 14 aromatic rings. The first kappa shape index (κ1) is 41.6. The predicted molar refractivity (Wildman–Crippen MR) is 296 cm³/mol. The van der Waals surface area contributed by atoms with Crippen LogP contribution in [-0.4, -0.2) is 23.7 Å². The fourth-order valence-electron chi connectivity index (χ4n) is 11.1. The van der Waals surface area contributed by atoms with E-state index < -0.39 is 0 Å². The predicted octanol–water partition coefficient (Wildman–Crippen LogP) is 16.2. The maximum atomic E-state index is 10.8. The molecule has 10 aromatic carbocycles. The summed E-state index contributed by atoms with van der Waals surface area (Å²) in [5.74, 6) is 0.514. The standard InChI is InChI=1S/C66H39N7/c67-40-46-35-45(36-47(41-68)65(46)58-39-57(43-15-3-1-4-16-43)69-66(70-58)44-17-5-2-6-18-44)42-27-29-48(30-28-42)71-63-33-31-49(72-59-23-11-7-19-51(59)52-20-8-12-24-60(52)72)37-55(63)56-38-50(32-34-64(56)71)73-61-25-13-9-21-53(61)54-22-10-14-26-62(54)73/h1-39H. The topological polar surface area (TPSA) is 88.1 Å². The van der Waals surface area contributed by atoms with Gasteiger partial charge in [0.25, 0.3) is 0 Å². The van der Waals surface area contributed by atoms with E-state index in [2.05, 4.69) is 184 Å². The van der Waals surface area contributed by atoms with Gasteiger partial charge in [-0.2, -0.15) is 10.5 Å². The van der Waals surface area contributed by atoms with Crippen LogP contribution in [-0.2, 0) is 0 Å². The summed E-state index contributed by atoms with van der Waals surface area (Å²) >= 11 is 0. The summed E-state index contributed by atoms with van der Waals surface area (Å²) in [4.78, 5) is 9.92. The zero-order valence-corrected chi connectivity index (χ0v) is 39.1. The highest BCUT2D eigenvalue weighted by Crippen LogP contribution is 2.41. The molecule has 0 N–H and O–H groups in total. The molecule has 14 rings (SSSR count). The highest BCUT2D eigenvalue weighted by atomic mass is 15.0. The molecule has 4 heterocycles. The molecule has 0 saturated carbocycles. The average Bonchev–Trinajstić information content (AvgIpc) is 4.10. The first-order valence-electron chi connectivity index (χ1n) is 24.3. The van der Waals surface area contributed by atoms with E-state index in [1.54, 1.807) is 0 Å². The van der Waals surface area contributed by atoms with Crippen LogP contribution in [0.1, 0.15) is 11.1 Å². The summed E-state index contributed by atoms with van der Waals surface area (Å²) in [6, 6.07) is 86.7. The van der Waals surface area contributed by atoms with Gasteiger partial charge in [0.05, 0.1) is 67.8 Å². The molecule has 0 saturated heterocycles. The molecular weight excluding hydrogens is 891 g/mol. The fraction of sp³-hybridized carbons (Fsp3) is 0. The monoisotopic (exact) mass is 929 g/mol. The van der Waals surface area contributed by atoms with Crippen molar-refractivity contribution in [2.45, 2.75) is 0 Å². The number of hydrogen-bond acceptors (Lipinski definition) is 4. The summed E-state index contributed by atoms with van der Waals surface area (Å²) in [6.45, 7) is 0. The highest BCUT2D eigenvalue weighted by molar-refractivity contribution is 6.14. The summed E-state index contributed by atoms with van der Waals surface area (Å²) in [5.41, 5.74) is 15.7. The van der Waals surface area contributed by atoms with Crippen LogP contribution in [0.3, 0.4) is 0 Å². The van der Waals surface area contributed by atoms with Gasteiger partial charge in [-0.25, -0.2) is 9.97 Å². The molecule has 0 radical (unpaired) electrons. The van der Waals surface area contributed by atoms with Crippen LogP contribution < -0.4 is 0 Å². The second-order valence-corrected chi connectivity index (χ2v) is 18.4. The Balaban J connectivity index is 0.924. The van der Waals surface area contributed by atoms with Crippen LogP contribution in [0, 0.1) is 22.7 Å². The lowest BCUT2D eigenvalue weighted by molar-refractivity contribution is 1.16. The van der Waals surface area contributed by atoms with Crippen molar-refractivity contribution in [1.29, 1.82) is 10.5 Å². The van der Waals surface area contributed by atoms with Crippen LogP contribution in [0.15, 0.2) is 237 Å². The van der Waals surface area contributed by atoms with Crippen LogP contribution in [0.2, 0.25) is 0 Å². The average molecular weight is 930 g/mol. The van der Waals surface area contributed by atoms with Gasteiger partial charge in [0, 0.05) is 66.1 Å². The van der Waals surface area contributed by atoms with Gasteiger partial charge < -0.3 is 13.7 Å². The van der Waals surface area contributed by atoms with Crippen LogP contribution in [0.4, 0.5) is 0 Å². The van der Waals surface area contributed by atoms with Crippen molar-refractivity contribution in [2.75, 3.05) is 0 Å². The highest BCUT2D eigenvalue weighted by Gasteiger charge is 2.21. The molecule has 4 aromatic heterocycles. The van der Waals surface area contributed by atoms with Crippen molar-refractivity contribution < 1.29 is 0 Å². The van der Waals surface area contributed by atoms with Crippen molar-refractivity contribution in [1.82, 2.24) is 23.7 Å². The third-order valence-corrected chi connectivity index (χ3v) is 14.3. The quantitative estimate of drug-likeness (QED) is 0.159. The van der Waals surface area contributed by atoms with Gasteiger partial charge in [-0.3, -0.25) is 0 Å². The maximum Gasteiger partial charge on any atom is 0.160 e. The number of nitrogens with zero attached hydrogens (tertiary/aromatic N) is 7.